The fourth-order valence-corrected chi connectivity index (χ4v) is 2.27. The zero-order valence-electron chi connectivity index (χ0n) is 7.59. The quantitative estimate of drug-likeness (QED) is 0.484. The van der Waals surface area contributed by atoms with Crippen LogP contribution in [-0.2, 0) is 9.36 Å². The highest BCUT2D eigenvalue weighted by Crippen LogP contribution is 2.37. The van der Waals surface area contributed by atoms with E-state index in [0.717, 1.165) is 0 Å². The third kappa shape index (κ3) is 3.75. The van der Waals surface area contributed by atoms with Crippen molar-refractivity contribution in [3.05, 3.63) is 0 Å². The lowest BCUT2D eigenvalue weighted by Gasteiger charge is -2.08. The van der Waals surface area contributed by atoms with E-state index >= 15 is 0 Å². The molecule has 7 heteroatoms. The molecule has 0 aromatic rings. The van der Waals surface area contributed by atoms with Crippen LogP contribution in [0.4, 0.5) is 0 Å². The average Bonchev–Trinajstić information content (AvgIpc) is 2.47. The van der Waals surface area contributed by atoms with Gasteiger partial charge in [-0.05, 0) is 25.3 Å². The predicted molar refractivity (Wildman–Crippen MR) is 49.1 cm³/mol. The second kappa shape index (κ2) is 4.40. The molecule has 1 rings (SSSR count). The molecule has 1 aliphatic heterocycles. The summed E-state index contributed by atoms with van der Waals surface area (Å²) in [5.41, 5.74) is 0. The lowest BCUT2D eigenvalue weighted by molar-refractivity contribution is -0.139. The number of carboxylic acids is 1. The number of carboxylic acid groups (broad SMARTS) is 1. The van der Waals surface area contributed by atoms with E-state index in [1.54, 1.807) is 0 Å². The highest BCUT2D eigenvalue weighted by molar-refractivity contribution is 7.51. The highest BCUT2D eigenvalue weighted by atomic mass is 31.2. The molecule has 0 bridgehead atoms. The smallest absolute Gasteiger partial charge is 0.325 e. The van der Waals surface area contributed by atoms with Gasteiger partial charge in [0.15, 0.2) is 0 Å². The van der Waals surface area contributed by atoms with Crippen LogP contribution in [0.2, 0.25) is 0 Å². The summed E-state index contributed by atoms with van der Waals surface area (Å²) < 4.78 is 10.6. The summed E-state index contributed by atoms with van der Waals surface area (Å²) in [6.07, 6.45) is 0.669. The topological polar surface area (TPSA) is 107 Å². The van der Waals surface area contributed by atoms with E-state index in [-0.39, 0.29) is 12.1 Å². The minimum Gasteiger partial charge on any atom is -0.480 e. The van der Waals surface area contributed by atoms with Gasteiger partial charge >= 0.3 is 13.6 Å². The van der Waals surface area contributed by atoms with Crippen molar-refractivity contribution in [3.8, 4) is 0 Å². The maximum absolute atomic E-state index is 10.6. The van der Waals surface area contributed by atoms with E-state index in [9.17, 15) is 9.36 Å². The molecule has 4 N–H and O–H groups in total. The molecule has 0 unspecified atom stereocenters. The van der Waals surface area contributed by atoms with Crippen molar-refractivity contribution in [2.45, 2.75) is 18.9 Å². The van der Waals surface area contributed by atoms with E-state index in [2.05, 4.69) is 5.32 Å². The van der Waals surface area contributed by atoms with E-state index in [1.807, 2.05) is 0 Å². The third-order valence-electron chi connectivity index (χ3n) is 2.35. The maximum Gasteiger partial charge on any atom is 0.325 e. The molecule has 0 aliphatic carbocycles. The molecular weight excluding hydrogens is 209 g/mol. The van der Waals surface area contributed by atoms with Gasteiger partial charge in [-0.2, -0.15) is 0 Å². The van der Waals surface area contributed by atoms with Crippen LogP contribution in [0.3, 0.4) is 0 Å². The summed E-state index contributed by atoms with van der Waals surface area (Å²) in [5, 5.41) is 11.4. The molecule has 0 saturated carbocycles. The normalized spacial score (nSPS) is 27.9. The van der Waals surface area contributed by atoms with Crippen LogP contribution in [-0.4, -0.2) is 39.6 Å². The zero-order valence-corrected chi connectivity index (χ0v) is 8.48. The van der Waals surface area contributed by atoms with Crippen LogP contribution in [0, 0.1) is 5.92 Å². The van der Waals surface area contributed by atoms with Crippen LogP contribution in [0.15, 0.2) is 0 Å². The number of aliphatic carboxylic acids is 1. The molecule has 1 aliphatic rings. The van der Waals surface area contributed by atoms with Gasteiger partial charge in [0.2, 0.25) is 0 Å². The summed E-state index contributed by atoms with van der Waals surface area (Å²) in [4.78, 5) is 27.8. The first-order valence-corrected chi connectivity index (χ1v) is 6.19. The van der Waals surface area contributed by atoms with Crippen LogP contribution in [0.1, 0.15) is 12.8 Å². The van der Waals surface area contributed by atoms with Crippen molar-refractivity contribution in [2.24, 2.45) is 5.92 Å². The predicted octanol–water partition coefficient (Wildman–Crippen LogP) is -0.383. The molecule has 0 aromatic carbocycles. The molecule has 0 amide bonds. The molecule has 14 heavy (non-hydrogen) atoms. The Kier molecular flexibility index (Phi) is 3.66. The fourth-order valence-electron chi connectivity index (χ4n) is 1.57. The first kappa shape index (κ1) is 11.7. The first-order valence-electron chi connectivity index (χ1n) is 4.39. The van der Waals surface area contributed by atoms with Crippen molar-refractivity contribution in [3.63, 3.8) is 0 Å². The van der Waals surface area contributed by atoms with Crippen LogP contribution < -0.4 is 5.32 Å². The lowest BCUT2D eigenvalue weighted by Crippen LogP contribution is -2.29. The second-order valence-corrected chi connectivity index (χ2v) is 5.35. The van der Waals surface area contributed by atoms with Crippen molar-refractivity contribution >= 4 is 13.6 Å². The first-order chi connectivity index (χ1) is 6.38. The van der Waals surface area contributed by atoms with E-state index in [4.69, 9.17) is 14.9 Å². The van der Waals surface area contributed by atoms with Crippen molar-refractivity contribution in [1.82, 2.24) is 5.32 Å². The Morgan fingerprint density at radius 2 is 2.14 bits per heavy atom. The Hall–Kier alpha value is -0.420. The molecule has 1 heterocycles. The molecule has 0 aromatic heterocycles. The minimum atomic E-state index is -3.94. The molecule has 6 nitrogen and oxygen atoms in total. The summed E-state index contributed by atoms with van der Waals surface area (Å²) in [6.45, 7) is 0.525. The molecule has 1 saturated heterocycles. The van der Waals surface area contributed by atoms with Gasteiger partial charge in [-0.25, -0.2) is 0 Å². The van der Waals surface area contributed by atoms with Gasteiger partial charge in [-0.15, -0.1) is 0 Å². The average molecular weight is 223 g/mol. The minimum absolute atomic E-state index is 0.0590. The van der Waals surface area contributed by atoms with E-state index in [0.29, 0.717) is 19.4 Å². The number of rotatable bonds is 4. The molecule has 1 fully saturated rings. The Bertz CT molecular complexity index is 263. The maximum atomic E-state index is 10.6. The molecular formula is C7H14NO5P. The number of hydrogen-bond acceptors (Lipinski definition) is 3. The van der Waals surface area contributed by atoms with Crippen LogP contribution in [0.25, 0.3) is 0 Å². The van der Waals surface area contributed by atoms with E-state index in [1.165, 1.54) is 0 Å². The van der Waals surface area contributed by atoms with Gasteiger partial charge in [-0.1, -0.05) is 0 Å². The van der Waals surface area contributed by atoms with Crippen LogP contribution in [0.5, 0.6) is 0 Å². The SMILES string of the molecule is O=C(O)[C@H]1C[C@@H](CCP(=O)(O)O)CN1. The Balaban J connectivity index is 2.30. The highest BCUT2D eigenvalue weighted by Gasteiger charge is 2.30. The fraction of sp³-hybridized carbons (Fsp3) is 0.857. The third-order valence-corrected chi connectivity index (χ3v) is 3.19. The summed E-state index contributed by atoms with van der Waals surface area (Å²) in [7, 11) is -3.94. The lowest BCUT2D eigenvalue weighted by atomic mass is 10.0. The largest absolute Gasteiger partial charge is 0.480 e. The standard InChI is InChI=1S/C7H14NO5P/c9-7(10)6-3-5(4-8-6)1-2-14(11,12)13/h5-6,8H,1-4H2,(H,9,10)(H2,11,12,13)/t5-,6-/m1/s1. The van der Waals surface area contributed by atoms with Gasteiger partial charge in [0.25, 0.3) is 0 Å². The summed E-state index contributed by atoms with van der Waals surface area (Å²) in [6, 6.07) is -0.559. The summed E-state index contributed by atoms with van der Waals surface area (Å²) in [5.74, 6) is -0.840. The Morgan fingerprint density at radius 1 is 1.50 bits per heavy atom. The number of carbonyl (C=O) groups is 1. The molecule has 0 spiro atoms. The van der Waals surface area contributed by atoms with Crippen LogP contribution >= 0.6 is 7.60 Å². The van der Waals surface area contributed by atoms with E-state index < -0.39 is 19.6 Å². The van der Waals surface area contributed by atoms with Crippen molar-refractivity contribution in [2.75, 3.05) is 12.7 Å². The van der Waals surface area contributed by atoms with Gasteiger partial charge in [0.1, 0.15) is 6.04 Å². The van der Waals surface area contributed by atoms with Gasteiger partial charge in [-0.3, -0.25) is 9.36 Å². The van der Waals surface area contributed by atoms with Gasteiger partial charge in [0.05, 0.1) is 6.16 Å². The Labute approximate surface area is 81.5 Å². The number of nitrogens with one attached hydrogen (secondary N) is 1. The number of hydrogen-bond donors (Lipinski definition) is 4. The van der Waals surface area contributed by atoms with Crippen molar-refractivity contribution in [1.29, 1.82) is 0 Å². The Morgan fingerprint density at radius 3 is 2.57 bits per heavy atom. The van der Waals surface area contributed by atoms with Gasteiger partial charge in [0, 0.05) is 0 Å². The zero-order chi connectivity index (χ0) is 10.8. The van der Waals surface area contributed by atoms with Crippen molar-refractivity contribution < 1.29 is 24.3 Å². The second-order valence-electron chi connectivity index (χ2n) is 3.58. The monoisotopic (exact) mass is 223 g/mol. The van der Waals surface area contributed by atoms with Gasteiger partial charge < -0.3 is 20.2 Å². The molecule has 0 radical (unpaired) electrons. The summed E-state index contributed by atoms with van der Waals surface area (Å²) >= 11 is 0. The molecule has 2 atom stereocenters. The molecule has 82 valence electrons.